The van der Waals surface area contributed by atoms with E-state index in [1.807, 2.05) is 37.1 Å². The van der Waals surface area contributed by atoms with Crippen LogP contribution in [-0.2, 0) is 6.42 Å². The summed E-state index contributed by atoms with van der Waals surface area (Å²) in [5, 5.41) is 0. The highest BCUT2D eigenvalue weighted by Gasteiger charge is 2.10. The third-order valence-electron chi connectivity index (χ3n) is 4.00. The lowest BCUT2D eigenvalue weighted by molar-refractivity contribution is 0.100. The largest absolute Gasteiger partial charge is 0.367 e. The van der Waals surface area contributed by atoms with Gasteiger partial charge in [-0.15, -0.1) is 0 Å². The number of hydrogen-bond acceptors (Lipinski definition) is 2. The molecule has 0 aliphatic rings. The van der Waals surface area contributed by atoms with Crippen molar-refractivity contribution >= 4 is 11.5 Å². The van der Waals surface area contributed by atoms with Crippen molar-refractivity contribution in [2.24, 2.45) is 0 Å². The van der Waals surface area contributed by atoms with E-state index in [-0.39, 0.29) is 5.78 Å². The first-order valence-electron chi connectivity index (χ1n) is 7.41. The minimum Gasteiger partial charge on any atom is -0.367 e. The number of hydrogen-bond donors (Lipinski definition) is 0. The molecule has 0 spiro atoms. The van der Waals surface area contributed by atoms with Gasteiger partial charge < -0.3 is 4.90 Å². The number of anilines is 1. The van der Waals surface area contributed by atoms with Gasteiger partial charge in [-0.2, -0.15) is 0 Å². The summed E-state index contributed by atoms with van der Waals surface area (Å²) in [5.41, 5.74) is 5.55. The summed E-state index contributed by atoms with van der Waals surface area (Å²) in [5.74, 6) is 0.153. The number of carbonyl (C=O) groups is 1. The van der Waals surface area contributed by atoms with E-state index in [0.717, 1.165) is 23.2 Å². The molecule has 0 N–H and O–H groups in total. The standard InChI is InChI=1S/C19H23NO/c1-5-16-7-10-18(11-8-16)20(4)13-19(21)17-9-6-14(2)15(3)12-17/h6-12H,5,13H2,1-4H3. The maximum absolute atomic E-state index is 12.4. The number of benzene rings is 2. The molecule has 0 unspecified atom stereocenters. The molecule has 0 amide bonds. The van der Waals surface area contributed by atoms with E-state index >= 15 is 0 Å². The van der Waals surface area contributed by atoms with E-state index in [4.69, 9.17) is 0 Å². The van der Waals surface area contributed by atoms with Gasteiger partial charge in [0.25, 0.3) is 0 Å². The predicted molar refractivity (Wildman–Crippen MR) is 89.3 cm³/mol. The maximum Gasteiger partial charge on any atom is 0.182 e. The molecular formula is C19H23NO. The lowest BCUT2D eigenvalue weighted by atomic mass is 10.0. The van der Waals surface area contributed by atoms with Crippen LogP contribution >= 0.6 is 0 Å². The Labute approximate surface area is 127 Å². The molecule has 0 fully saturated rings. The summed E-state index contributed by atoms with van der Waals surface area (Å²) in [4.78, 5) is 14.4. The van der Waals surface area contributed by atoms with Gasteiger partial charge in [0.1, 0.15) is 0 Å². The third kappa shape index (κ3) is 3.72. The molecule has 2 rings (SSSR count). The number of Topliss-reactive ketones (excluding diaryl/α,β-unsaturated/α-hetero) is 1. The normalized spacial score (nSPS) is 10.5. The van der Waals surface area contributed by atoms with Gasteiger partial charge in [-0.1, -0.05) is 31.2 Å². The molecule has 0 saturated carbocycles. The number of carbonyl (C=O) groups excluding carboxylic acids is 1. The molecule has 0 saturated heterocycles. The van der Waals surface area contributed by atoms with Gasteiger partial charge in [0, 0.05) is 18.3 Å². The zero-order valence-corrected chi connectivity index (χ0v) is 13.3. The van der Waals surface area contributed by atoms with Crippen molar-refractivity contribution in [3.05, 3.63) is 64.7 Å². The summed E-state index contributed by atoms with van der Waals surface area (Å²) in [7, 11) is 1.96. The summed E-state index contributed by atoms with van der Waals surface area (Å²) in [6, 6.07) is 14.3. The molecule has 0 radical (unpaired) electrons. The van der Waals surface area contributed by atoms with Crippen LogP contribution in [0, 0.1) is 13.8 Å². The van der Waals surface area contributed by atoms with Crippen LogP contribution in [0.2, 0.25) is 0 Å². The van der Waals surface area contributed by atoms with E-state index in [2.05, 4.69) is 38.1 Å². The van der Waals surface area contributed by atoms with Crippen LogP contribution in [0.25, 0.3) is 0 Å². The van der Waals surface area contributed by atoms with Crippen molar-refractivity contribution in [3.8, 4) is 0 Å². The molecule has 21 heavy (non-hydrogen) atoms. The highest BCUT2D eigenvalue weighted by Crippen LogP contribution is 2.16. The average Bonchev–Trinajstić information content (AvgIpc) is 2.50. The van der Waals surface area contributed by atoms with E-state index in [1.54, 1.807) is 0 Å². The van der Waals surface area contributed by atoms with Crippen molar-refractivity contribution in [2.45, 2.75) is 27.2 Å². The second-order valence-corrected chi connectivity index (χ2v) is 5.60. The molecule has 0 bridgehead atoms. The fourth-order valence-electron chi connectivity index (χ4n) is 2.30. The zero-order chi connectivity index (χ0) is 15.4. The third-order valence-corrected chi connectivity index (χ3v) is 4.00. The topological polar surface area (TPSA) is 20.3 Å². The van der Waals surface area contributed by atoms with Gasteiger partial charge in [0.2, 0.25) is 0 Å². The van der Waals surface area contributed by atoms with Crippen LogP contribution in [0.1, 0.15) is 34.0 Å². The van der Waals surface area contributed by atoms with E-state index in [0.29, 0.717) is 6.54 Å². The molecule has 110 valence electrons. The lowest BCUT2D eigenvalue weighted by Gasteiger charge is -2.19. The number of nitrogens with zero attached hydrogens (tertiary/aromatic N) is 1. The molecule has 2 heteroatoms. The predicted octanol–water partition coefficient (Wildman–Crippen LogP) is 4.18. The average molecular weight is 281 g/mol. The van der Waals surface area contributed by atoms with Gasteiger partial charge >= 0.3 is 0 Å². The molecule has 0 aromatic heterocycles. The Morgan fingerprint density at radius 3 is 2.24 bits per heavy atom. The first-order chi connectivity index (χ1) is 10.0. The Morgan fingerprint density at radius 2 is 1.67 bits per heavy atom. The smallest absolute Gasteiger partial charge is 0.182 e. The molecule has 0 heterocycles. The number of rotatable bonds is 5. The monoisotopic (exact) mass is 281 g/mol. The Morgan fingerprint density at radius 1 is 1.00 bits per heavy atom. The van der Waals surface area contributed by atoms with Crippen LogP contribution < -0.4 is 4.90 Å². The molecule has 0 aliphatic carbocycles. The van der Waals surface area contributed by atoms with Gasteiger partial charge in [0.05, 0.1) is 6.54 Å². The summed E-state index contributed by atoms with van der Waals surface area (Å²) >= 11 is 0. The van der Waals surface area contributed by atoms with Crippen molar-refractivity contribution in [2.75, 3.05) is 18.5 Å². The van der Waals surface area contributed by atoms with Crippen LogP contribution in [0.15, 0.2) is 42.5 Å². The quantitative estimate of drug-likeness (QED) is 0.766. The van der Waals surface area contributed by atoms with Crippen LogP contribution in [0.3, 0.4) is 0 Å². The minimum atomic E-state index is 0.153. The van der Waals surface area contributed by atoms with Gasteiger partial charge in [0.15, 0.2) is 5.78 Å². The number of ketones is 1. The van der Waals surface area contributed by atoms with Crippen LogP contribution in [0.5, 0.6) is 0 Å². The number of aryl methyl sites for hydroxylation is 3. The Balaban J connectivity index is 2.08. The van der Waals surface area contributed by atoms with E-state index in [9.17, 15) is 4.79 Å². The van der Waals surface area contributed by atoms with Gasteiger partial charge in [-0.05, 0) is 55.2 Å². The Hall–Kier alpha value is -2.09. The Bertz CT molecular complexity index is 629. The summed E-state index contributed by atoms with van der Waals surface area (Å²) < 4.78 is 0. The first-order valence-corrected chi connectivity index (χ1v) is 7.41. The maximum atomic E-state index is 12.4. The Kier molecular flexibility index (Phi) is 4.79. The van der Waals surface area contributed by atoms with Crippen molar-refractivity contribution in [1.82, 2.24) is 0 Å². The fourth-order valence-corrected chi connectivity index (χ4v) is 2.30. The zero-order valence-electron chi connectivity index (χ0n) is 13.3. The molecular weight excluding hydrogens is 258 g/mol. The first kappa shape index (κ1) is 15.3. The molecule has 0 atom stereocenters. The molecule has 2 nitrogen and oxygen atoms in total. The molecule has 0 aliphatic heterocycles. The van der Waals surface area contributed by atoms with Gasteiger partial charge in [-0.3, -0.25) is 4.79 Å². The fraction of sp³-hybridized carbons (Fsp3) is 0.316. The minimum absolute atomic E-state index is 0.153. The van der Waals surface area contributed by atoms with Crippen molar-refractivity contribution in [1.29, 1.82) is 0 Å². The highest BCUT2D eigenvalue weighted by atomic mass is 16.1. The second kappa shape index (κ2) is 6.57. The van der Waals surface area contributed by atoms with Crippen molar-refractivity contribution < 1.29 is 4.79 Å². The van der Waals surface area contributed by atoms with E-state index < -0.39 is 0 Å². The summed E-state index contributed by atoms with van der Waals surface area (Å²) in [6.45, 7) is 6.64. The van der Waals surface area contributed by atoms with Crippen molar-refractivity contribution in [3.63, 3.8) is 0 Å². The lowest BCUT2D eigenvalue weighted by Crippen LogP contribution is -2.25. The molecule has 2 aromatic rings. The van der Waals surface area contributed by atoms with E-state index in [1.165, 1.54) is 11.1 Å². The highest BCUT2D eigenvalue weighted by molar-refractivity contribution is 5.99. The molecule has 2 aromatic carbocycles. The SMILES string of the molecule is CCc1ccc(N(C)CC(=O)c2ccc(C)c(C)c2)cc1. The number of likely N-dealkylation sites (N-methyl/N-ethyl adjacent to an activating group) is 1. The second-order valence-electron chi connectivity index (χ2n) is 5.60. The summed E-state index contributed by atoms with van der Waals surface area (Å²) in [6.07, 6.45) is 1.03. The van der Waals surface area contributed by atoms with Crippen LogP contribution in [0.4, 0.5) is 5.69 Å². The van der Waals surface area contributed by atoms with Gasteiger partial charge in [-0.25, -0.2) is 0 Å². The van der Waals surface area contributed by atoms with Crippen LogP contribution in [-0.4, -0.2) is 19.4 Å².